The molecule has 3 nitrogen and oxygen atoms in total. The molecule has 0 aliphatic rings. The van der Waals surface area contributed by atoms with Gasteiger partial charge in [-0.3, -0.25) is 0 Å². The highest BCUT2D eigenvalue weighted by molar-refractivity contribution is 5.55. The molecule has 0 saturated carbocycles. The molecular weight excluding hydrogens is 162 g/mol. The Morgan fingerprint density at radius 3 is 2.62 bits per heavy atom. The average Bonchev–Trinajstić information content (AvgIpc) is 2.17. The molecule has 3 heteroatoms. The minimum Gasteiger partial charge on any atom is -0.398 e. The van der Waals surface area contributed by atoms with Crippen molar-refractivity contribution in [1.29, 1.82) is 10.5 Å². The summed E-state index contributed by atoms with van der Waals surface area (Å²) in [5, 5.41) is 17.3. The number of nitrogens with zero attached hydrogens (tertiary/aromatic N) is 2. The third kappa shape index (κ3) is 1.77. The molecule has 1 atom stereocenters. The maximum atomic E-state index is 8.68. The van der Waals surface area contributed by atoms with Crippen molar-refractivity contribution >= 4 is 5.69 Å². The van der Waals surface area contributed by atoms with Gasteiger partial charge in [0.15, 0.2) is 0 Å². The van der Waals surface area contributed by atoms with Crippen LogP contribution in [0.4, 0.5) is 5.69 Å². The van der Waals surface area contributed by atoms with Gasteiger partial charge in [0.25, 0.3) is 0 Å². The van der Waals surface area contributed by atoms with Crippen LogP contribution >= 0.6 is 0 Å². The third-order valence-corrected chi connectivity index (χ3v) is 1.89. The van der Waals surface area contributed by atoms with E-state index in [1.54, 1.807) is 25.1 Å². The lowest BCUT2D eigenvalue weighted by molar-refractivity contribution is 0.981. The summed E-state index contributed by atoms with van der Waals surface area (Å²) in [5.74, 6) is -0.201. The molecule has 0 heterocycles. The molecule has 0 aromatic heterocycles. The van der Waals surface area contributed by atoms with Gasteiger partial charge in [0.1, 0.15) is 6.07 Å². The van der Waals surface area contributed by atoms with Crippen molar-refractivity contribution in [2.45, 2.75) is 12.8 Å². The maximum absolute atomic E-state index is 8.68. The van der Waals surface area contributed by atoms with Crippen LogP contribution in [-0.4, -0.2) is 0 Å². The first-order valence-corrected chi connectivity index (χ1v) is 3.88. The van der Waals surface area contributed by atoms with Crippen LogP contribution in [-0.2, 0) is 0 Å². The molecule has 1 unspecified atom stereocenters. The largest absolute Gasteiger partial charge is 0.398 e. The van der Waals surface area contributed by atoms with Gasteiger partial charge >= 0.3 is 0 Å². The molecule has 0 bridgehead atoms. The topological polar surface area (TPSA) is 73.6 Å². The SMILES string of the molecule is CC(C#N)c1ccc(N)c(C#N)c1. The Kier molecular flexibility index (Phi) is 2.52. The van der Waals surface area contributed by atoms with Crippen LogP contribution in [0, 0.1) is 22.7 Å². The Morgan fingerprint density at radius 2 is 2.08 bits per heavy atom. The van der Waals surface area contributed by atoms with E-state index < -0.39 is 0 Å². The minimum atomic E-state index is -0.201. The van der Waals surface area contributed by atoms with Crippen LogP contribution in [0.1, 0.15) is 24.0 Å². The zero-order valence-corrected chi connectivity index (χ0v) is 7.28. The van der Waals surface area contributed by atoms with E-state index in [9.17, 15) is 0 Å². The first-order valence-electron chi connectivity index (χ1n) is 3.88. The van der Waals surface area contributed by atoms with Crippen molar-refractivity contribution in [3.8, 4) is 12.1 Å². The quantitative estimate of drug-likeness (QED) is 0.654. The Morgan fingerprint density at radius 1 is 1.38 bits per heavy atom. The molecule has 1 aromatic rings. The lowest BCUT2D eigenvalue weighted by Crippen LogP contribution is -1.94. The van der Waals surface area contributed by atoms with Crippen LogP contribution in [0.25, 0.3) is 0 Å². The summed E-state index contributed by atoms with van der Waals surface area (Å²) in [5.41, 5.74) is 7.25. The Balaban J connectivity index is 3.17. The summed E-state index contributed by atoms with van der Waals surface area (Å²) in [6, 6.07) is 9.16. The van der Waals surface area contributed by atoms with E-state index in [0.29, 0.717) is 11.3 Å². The minimum absolute atomic E-state index is 0.201. The molecule has 0 amide bonds. The van der Waals surface area contributed by atoms with Crippen molar-refractivity contribution in [2.24, 2.45) is 0 Å². The highest BCUT2D eigenvalue weighted by Gasteiger charge is 2.06. The smallest absolute Gasteiger partial charge is 0.101 e. The van der Waals surface area contributed by atoms with Gasteiger partial charge in [0.2, 0.25) is 0 Å². The van der Waals surface area contributed by atoms with Crippen molar-refractivity contribution in [1.82, 2.24) is 0 Å². The second-order valence-electron chi connectivity index (χ2n) is 2.81. The van der Waals surface area contributed by atoms with Gasteiger partial charge in [0, 0.05) is 5.69 Å². The van der Waals surface area contributed by atoms with Gasteiger partial charge in [-0.25, -0.2) is 0 Å². The van der Waals surface area contributed by atoms with E-state index in [1.165, 1.54) is 0 Å². The summed E-state index contributed by atoms with van der Waals surface area (Å²) in [4.78, 5) is 0. The zero-order valence-electron chi connectivity index (χ0n) is 7.28. The number of nitrogens with two attached hydrogens (primary N) is 1. The van der Waals surface area contributed by atoms with E-state index in [2.05, 4.69) is 6.07 Å². The summed E-state index contributed by atoms with van der Waals surface area (Å²) in [7, 11) is 0. The first kappa shape index (κ1) is 9.09. The van der Waals surface area contributed by atoms with Crippen LogP contribution in [0.3, 0.4) is 0 Å². The maximum Gasteiger partial charge on any atom is 0.101 e. The lowest BCUT2D eigenvalue weighted by atomic mass is 10.00. The Hall–Kier alpha value is -2.00. The predicted molar refractivity (Wildman–Crippen MR) is 49.6 cm³/mol. The molecule has 13 heavy (non-hydrogen) atoms. The number of benzene rings is 1. The van der Waals surface area contributed by atoms with Crippen molar-refractivity contribution in [3.05, 3.63) is 29.3 Å². The number of anilines is 1. The lowest BCUT2D eigenvalue weighted by Gasteiger charge is -2.04. The fourth-order valence-electron chi connectivity index (χ4n) is 1.01. The molecule has 0 radical (unpaired) electrons. The summed E-state index contributed by atoms with van der Waals surface area (Å²) >= 11 is 0. The van der Waals surface area contributed by atoms with Gasteiger partial charge < -0.3 is 5.73 Å². The number of rotatable bonds is 1. The van der Waals surface area contributed by atoms with Crippen LogP contribution in [0.5, 0.6) is 0 Å². The summed E-state index contributed by atoms with van der Waals surface area (Å²) in [6.45, 7) is 1.78. The van der Waals surface area contributed by atoms with Crippen molar-refractivity contribution < 1.29 is 0 Å². The van der Waals surface area contributed by atoms with Gasteiger partial charge in [-0.05, 0) is 24.6 Å². The van der Waals surface area contributed by atoms with E-state index in [0.717, 1.165) is 5.56 Å². The fraction of sp³-hybridized carbons (Fsp3) is 0.200. The van der Waals surface area contributed by atoms with Gasteiger partial charge in [-0.15, -0.1) is 0 Å². The van der Waals surface area contributed by atoms with Crippen LogP contribution in [0.2, 0.25) is 0 Å². The van der Waals surface area contributed by atoms with Crippen molar-refractivity contribution in [3.63, 3.8) is 0 Å². The number of hydrogen-bond acceptors (Lipinski definition) is 3. The highest BCUT2D eigenvalue weighted by Crippen LogP contribution is 2.19. The van der Waals surface area contributed by atoms with E-state index in [4.69, 9.17) is 16.3 Å². The standard InChI is InChI=1S/C10H9N3/c1-7(5-11)8-2-3-10(13)9(4-8)6-12/h2-4,7H,13H2,1H3. The second kappa shape index (κ2) is 3.60. The van der Waals surface area contributed by atoms with E-state index >= 15 is 0 Å². The molecular formula is C10H9N3. The van der Waals surface area contributed by atoms with Crippen LogP contribution in [0.15, 0.2) is 18.2 Å². The molecule has 0 aliphatic carbocycles. The molecule has 0 aliphatic heterocycles. The fourth-order valence-corrected chi connectivity index (χ4v) is 1.01. The molecule has 0 fully saturated rings. The number of nitrogen functional groups attached to an aromatic ring is 1. The Labute approximate surface area is 77.0 Å². The molecule has 1 rings (SSSR count). The van der Waals surface area contributed by atoms with Crippen LogP contribution < -0.4 is 5.73 Å². The first-order chi connectivity index (χ1) is 6.19. The van der Waals surface area contributed by atoms with E-state index in [1.807, 2.05) is 6.07 Å². The molecule has 64 valence electrons. The average molecular weight is 171 g/mol. The summed E-state index contributed by atoms with van der Waals surface area (Å²) in [6.07, 6.45) is 0. The second-order valence-corrected chi connectivity index (χ2v) is 2.81. The Bertz CT molecular complexity index is 396. The summed E-state index contributed by atoms with van der Waals surface area (Å²) < 4.78 is 0. The monoisotopic (exact) mass is 171 g/mol. The molecule has 2 N–H and O–H groups in total. The molecule has 0 saturated heterocycles. The van der Waals surface area contributed by atoms with E-state index in [-0.39, 0.29) is 5.92 Å². The number of hydrogen-bond donors (Lipinski definition) is 1. The van der Waals surface area contributed by atoms with Crippen molar-refractivity contribution in [2.75, 3.05) is 5.73 Å². The predicted octanol–water partition coefficient (Wildman–Crippen LogP) is 1.77. The molecule has 1 aromatic carbocycles. The number of nitriles is 2. The van der Waals surface area contributed by atoms with Gasteiger partial charge in [-0.2, -0.15) is 10.5 Å². The highest BCUT2D eigenvalue weighted by atomic mass is 14.6. The molecule has 0 spiro atoms. The third-order valence-electron chi connectivity index (χ3n) is 1.89. The zero-order chi connectivity index (χ0) is 9.84. The van der Waals surface area contributed by atoms with Gasteiger partial charge in [0.05, 0.1) is 17.6 Å². The van der Waals surface area contributed by atoms with Gasteiger partial charge in [-0.1, -0.05) is 6.07 Å². The normalized spacial score (nSPS) is 11.3.